The van der Waals surface area contributed by atoms with Crippen LogP contribution in [0.25, 0.3) is 0 Å². The Labute approximate surface area is 317 Å². The van der Waals surface area contributed by atoms with Crippen molar-refractivity contribution in [2.45, 2.75) is 103 Å². The van der Waals surface area contributed by atoms with E-state index >= 15 is 0 Å². The van der Waals surface area contributed by atoms with E-state index < -0.39 is 11.9 Å². The standard InChI is InChI=1S/2C17H25NO4.2Na/c2*19-15-11-8-7-10-14(15)17(22)18-13-9-5-3-1-2-4-6-12-16(20)21;;/h2*7-8,10-11,19H,1-6,9,12-13H2,(H,18,22)(H,20,21);;/q;;2*+1/p-2. The maximum absolute atomic E-state index is 11.8. The van der Waals surface area contributed by atoms with Gasteiger partial charge in [0.05, 0.1) is 11.1 Å². The van der Waals surface area contributed by atoms with Gasteiger partial charge >= 0.3 is 59.1 Å². The van der Waals surface area contributed by atoms with Gasteiger partial charge in [0, 0.05) is 25.0 Å². The molecule has 0 unspecified atom stereocenters. The summed E-state index contributed by atoms with van der Waals surface area (Å²) < 4.78 is 0. The average molecular weight is 659 g/mol. The summed E-state index contributed by atoms with van der Waals surface area (Å²) in [6.07, 6.45) is 13.8. The Morgan fingerprint density at radius 3 is 1.07 bits per heavy atom. The van der Waals surface area contributed by atoms with Gasteiger partial charge in [-0.2, -0.15) is 0 Å². The summed E-state index contributed by atoms with van der Waals surface area (Å²) in [4.78, 5) is 44.1. The third-order valence-corrected chi connectivity index (χ3v) is 6.98. The number of phenols is 2. The van der Waals surface area contributed by atoms with E-state index in [1.165, 1.54) is 12.1 Å². The van der Waals surface area contributed by atoms with Crippen molar-refractivity contribution in [1.29, 1.82) is 0 Å². The minimum atomic E-state index is -0.972. The van der Waals surface area contributed by atoms with Crippen LogP contribution in [0.4, 0.5) is 0 Å². The van der Waals surface area contributed by atoms with Crippen LogP contribution < -0.4 is 80.0 Å². The zero-order valence-corrected chi connectivity index (χ0v) is 31.7. The third kappa shape index (κ3) is 24.1. The molecule has 0 aliphatic heterocycles. The Bertz CT molecular complexity index is 1050. The molecule has 0 atom stereocenters. The van der Waals surface area contributed by atoms with E-state index in [0.717, 1.165) is 77.0 Å². The molecule has 0 heterocycles. The third-order valence-electron chi connectivity index (χ3n) is 6.98. The molecule has 0 aliphatic rings. The van der Waals surface area contributed by atoms with Crippen LogP contribution in [0.15, 0.2) is 48.5 Å². The van der Waals surface area contributed by atoms with Crippen LogP contribution in [0, 0.1) is 0 Å². The summed E-state index contributed by atoms with van der Waals surface area (Å²) in [6.45, 7) is 1.19. The monoisotopic (exact) mass is 658 g/mol. The molecular weight excluding hydrogens is 610 g/mol. The topological polar surface area (TPSA) is 179 Å². The van der Waals surface area contributed by atoms with Crippen LogP contribution in [0.3, 0.4) is 0 Å². The molecule has 0 saturated heterocycles. The van der Waals surface area contributed by atoms with Crippen molar-refractivity contribution in [3.8, 4) is 11.5 Å². The number of hydrogen-bond acceptors (Lipinski definition) is 8. The molecule has 4 N–H and O–H groups in total. The normalized spacial score (nSPS) is 9.91. The zero-order chi connectivity index (χ0) is 32.4. The number of benzene rings is 2. The SMILES string of the molecule is O=C([O-])CCCCCCCCCNC(=O)c1ccccc1O.O=C([O-])CCCCCCCCCNC(=O)c1ccccc1O.[Na+].[Na+]. The van der Waals surface area contributed by atoms with E-state index in [1.807, 2.05) is 0 Å². The minimum absolute atomic E-state index is 0. The molecule has 2 rings (SSSR count). The predicted molar refractivity (Wildman–Crippen MR) is 165 cm³/mol. The Kier molecular flexibility index (Phi) is 30.3. The van der Waals surface area contributed by atoms with Crippen molar-refractivity contribution in [2.75, 3.05) is 13.1 Å². The van der Waals surface area contributed by atoms with E-state index in [2.05, 4.69) is 10.6 Å². The summed E-state index contributed by atoms with van der Waals surface area (Å²) in [5, 5.41) is 45.1. The van der Waals surface area contributed by atoms with Gasteiger partial charge < -0.3 is 40.6 Å². The molecule has 0 fully saturated rings. The number of rotatable bonds is 22. The summed E-state index contributed by atoms with van der Waals surface area (Å²) >= 11 is 0. The maximum Gasteiger partial charge on any atom is 1.00 e. The second kappa shape index (κ2) is 30.3. The first-order valence-corrected chi connectivity index (χ1v) is 15.7. The fraction of sp³-hybridized carbons (Fsp3) is 0.529. The smallest absolute Gasteiger partial charge is 0.550 e. The largest absolute Gasteiger partial charge is 1.00 e. The molecule has 0 radical (unpaired) electrons. The van der Waals surface area contributed by atoms with E-state index in [9.17, 15) is 39.6 Å². The Morgan fingerprint density at radius 1 is 0.478 bits per heavy atom. The molecule has 2 aromatic rings. The van der Waals surface area contributed by atoms with Crippen LogP contribution in [-0.4, -0.2) is 47.1 Å². The molecule has 0 saturated carbocycles. The second-order valence-electron chi connectivity index (χ2n) is 10.7. The number of carbonyl (C=O) groups is 4. The van der Waals surface area contributed by atoms with Gasteiger partial charge in [-0.25, -0.2) is 0 Å². The summed E-state index contributed by atoms with van der Waals surface area (Å²) in [5.41, 5.74) is 0.603. The molecule has 12 heteroatoms. The second-order valence-corrected chi connectivity index (χ2v) is 10.7. The van der Waals surface area contributed by atoms with Crippen LogP contribution in [0.2, 0.25) is 0 Å². The van der Waals surface area contributed by atoms with Crippen molar-refractivity contribution in [2.24, 2.45) is 0 Å². The van der Waals surface area contributed by atoms with Gasteiger partial charge in [0.15, 0.2) is 0 Å². The number of aliphatic carboxylic acids is 2. The van der Waals surface area contributed by atoms with Gasteiger partial charge in [-0.3, -0.25) is 9.59 Å². The first kappa shape index (κ1) is 46.0. The zero-order valence-electron chi connectivity index (χ0n) is 27.7. The number of carbonyl (C=O) groups excluding carboxylic acids is 4. The van der Waals surface area contributed by atoms with Gasteiger partial charge in [-0.1, -0.05) is 88.5 Å². The fourth-order valence-corrected chi connectivity index (χ4v) is 4.48. The minimum Gasteiger partial charge on any atom is -0.550 e. The molecule has 244 valence electrons. The van der Waals surface area contributed by atoms with Crippen molar-refractivity contribution in [3.63, 3.8) is 0 Å². The van der Waals surface area contributed by atoms with Gasteiger partial charge in [0.2, 0.25) is 0 Å². The number of nitrogens with one attached hydrogen (secondary N) is 2. The van der Waals surface area contributed by atoms with E-state index in [1.54, 1.807) is 36.4 Å². The number of unbranched alkanes of at least 4 members (excludes halogenated alkanes) is 12. The number of carboxylic acids is 2. The van der Waals surface area contributed by atoms with Crippen molar-refractivity contribution in [1.82, 2.24) is 10.6 Å². The van der Waals surface area contributed by atoms with Gasteiger partial charge in [0.25, 0.3) is 11.8 Å². The molecule has 0 spiro atoms. The van der Waals surface area contributed by atoms with Crippen molar-refractivity contribution >= 4 is 23.8 Å². The molecule has 0 bridgehead atoms. The van der Waals surface area contributed by atoms with E-state index in [-0.39, 0.29) is 95.3 Å². The van der Waals surface area contributed by atoms with Crippen LogP contribution in [0.5, 0.6) is 11.5 Å². The number of hydrogen-bond donors (Lipinski definition) is 4. The predicted octanol–water partition coefficient (Wildman–Crippen LogP) is -2.01. The number of carboxylic acid groups (broad SMARTS) is 2. The maximum atomic E-state index is 11.8. The number of para-hydroxylation sites is 2. The molecule has 10 nitrogen and oxygen atoms in total. The Balaban J connectivity index is 0. The van der Waals surface area contributed by atoms with E-state index in [0.29, 0.717) is 37.1 Å². The Morgan fingerprint density at radius 2 is 0.761 bits per heavy atom. The van der Waals surface area contributed by atoms with Crippen LogP contribution in [0.1, 0.15) is 123 Å². The number of amides is 2. The fourth-order valence-electron chi connectivity index (χ4n) is 4.48. The molecular formula is C34H48N2Na2O8. The van der Waals surface area contributed by atoms with Crippen LogP contribution in [-0.2, 0) is 9.59 Å². The summed E-state index contributed by atoms with van der Waals surface area (Å²) in [5.74, 6) is -2.45. The van der Waals surface area contributed by atoms with Gasteiger partial charge in [0.1, 0.15) is 11.5 Å². The molecule has 0 aliphatic carbocycles. The Hall–Kier alpha value is -2.08. The van der Waals surface area contributed by atoms with Crippen molar-refractivity contribution in [3.05, 3.63) is 59.7 Å². The van der Waals surface area contributed by atoms with E-state index in [4.69, 9.17) is 0 Å². The first-order valence-electron chi connectivity index (χ1n) is 15.7. The summed E-state index contributed by atoms with van der Waals surface area (Å²) in [7, 11) is 0. The molecule has 46 heavy (non-hydrogen) atoms. The van der Waals surface area contributed by atoms with Crippen molar-refractivity contribution < 1.29 is 98.7 Å². The molecule has 0 aromatic heterocycles. The first-order chi connectivity index (χ1) is 21.2. The number of phenolic OH excluding ortho intramolecular Hbond substituents is 2. The van der Waals surface area contributed by atoms with Gasteiger partial charge in [-0.05, 0) is 62.8 Å². The van der Waals surface area contributed by atoms with Crippen LogP contribution >= 0.6 is 0 Å². The molecule has 2 amide bonds. The number of aromatic hydroxyl groups is 2. The average Bonchev–Trinajstić information content (AvgIpc) is 2.99. The summed E-state index contributed by atoms with van der Waals surface area (Å²) in [6, 6.07) is 13.0. The molecule has 2 aromatic carbocycles. The van der Waals surface area contributed by atoms with Gasteiger partial charge in [-0.15, -0.1) is 0 Å². The quantitative estimate of drug-likeness (QED) is 0.0829.